The highest BCUT2D eigenvalue weighted by Gasteiger charge is 2.11. The smallest absolute Gasteiger partial charge is 0.317 e. The Bertz CT molecular complexity index is 394. The highest BCUT2D eigenvalue weighted by Crippen LogP contribution is 2.16. The van der Waals surface area contributed by atoms with Crippen LogP contribution >= 0.6 is 15.9 Å². The highest BCUT2D eigenvalue weighted by atomic mass is 79.9. The van der Waals surface area contributed by atoms with Crippen molar-refractivity contribution in [1.29, 1.82) is 0 Å². The lowest BCUT2D eigenvalue weighted by molar-refractivity contribution is -0.138. The van der Waals surface area contributed by atoms with Gasteiger partial charge in [-0.25, -0.2) is 4.39 Å². The summed E-state index contributed by atoms with van der Waals surface area (Å²) in [5, 5.41) is 8.80. The van der Waals surface area contributed by atoms with Gasteiger partial charge in [0, 0.05) is 24.7 Å². The third-order valence-corrected chi connectivity index (χ3v) is 2.76. The first-order chi connectivity index (χ1) is 8.51. The van der Waals surface area contributed by atoms with Crippen molar-refractivity contribution in [3.05, 3.63) is 34.1 Å². The van der Waals surface area contributed by atoms with Crippen LogP contribution < -0.4 is 0 Å². The van der Waals surface area contributed by atoms with E-state index < -0.39 is 5.97 Å². The molecule has 0 unspecified atom stereocenters. The molecule has 0 atom stereocenters. The maximum Gasteiger partial charge on any atom is 0.317 e. The van der Waals surface area contributed by atoms with Gasteiger partial charge in [-0.2, -0.15) is 0 Å². The quantitative estimate of drug-likeness (QED) is 0.836. The molecule has 0 amide bonds. The van der Waals surface area contributed by atoms with E-state index in [1.165, 1.54) is 12.1 Å². The van der Waals surface area contributed by atoms with Crippen LogP contribution in [-0.2, 0) is 16.1 Å². The fraction of sp³-hybridized carbons (Fsp3) is 0.417. The predicted molar refractivity (Wildman–Crippen MR) is 68.9 cm³/mol. The molecule has 0 saturated heterocycles. The lowest BCUT2D eigenvalue weighted by Gasteiger charge is -2.20. The molecule has 0 bridgehead atoms. The van der Waals surface area contributed by atoms with Crippen LogP contribution in [0.15, 0.2) is 22.7 Å². The minimum Gasteiger partial charge on any atom is -0.480 e. The van der Waals surface area contributed by atoms with Crippen molar-refractivity contribution in [3.8, 4) is 0 Å². The third kappa shape index (κ3) is 5.57. The summed E-state index contributed by atoms with van der Waals surface area (Å²) in [6, 6.07) is 4.53. The van der Waals surface area contributed by atoms with Gasteiger partial charge in [0.25, 0.3) is 0 Å². The van der Waals surface area contributed by atoms with Gasteiger partial charge in [0.15, 0.2) is 0 Å². The lowest BCUT2D eigenvalue weighted by Crippen LogP contribution is -2.32. The number of rotatable bonds is 7. The molecule has 0 fully saturated rings. The molecule has 100 valence electrons. The van der Waals surface area contributed by atoms with E-state index in [1.54, 1.807) is 18.1 Å². The predicted octanol–water partition coefficient (Wildman–Crippen LogP) is 2.12. The van der Waals surface area contributed by atoms with Gasteiger partial charge in [0.05, 0.1) is 13.2 Å². The molecule has 1 N–H and O–H groups in total. The van der Waals surface area contributed by atoms with Crippen LogP contribution in [0, 0.1) is 5.82 Å². The van der Waals surface area contributed by atoms with Gasteiger partial charge in [-0.1, -0.05) is 15.9 Å². The van der Waals surface area contributed by atoms with Gasteiger partial charge in [-0.05, 0) is 23.8 Å². The largest absolute Gasteiger partial charge is 0.480 e. The first kappa shape index (κ1) is 15.1. The SMILES string of the molecule is COCCN(CC(=O)O)Cc1cc(F)cc(Br)c1. The number of aliphatic carboxylic acids is 1. The van der Waals surface area contributed by atoms with Crippen LogP contribution in [0.2, 0.25) is 0 Å². The fourth-order valence-corrected chi connectivity index (χ4v) is 2.10. The van der Waals surface area contributed by atoms with E-state index in [-0.39, 0.29) is 12.4 Å². The molecule has 0 heterocycles. The zero-order valence-electron chi connectivity index (χ0n) is 10.0. The maximum atomic E-state index is 13.2. The topological polar surface area (TPSA) is 49.8 Å². The normalized spacial score (nSPS) is 10.9. The number of hydrogen-bond donors (Lipinski definition) is 1. The summed E-state index contributed by atoms with van der Waals surface area (Å²) >= 11 is 3.21. The molecule has 0 radical (unpaired) electrons. The molecule has 1 aromatic carbocycles. The Labute approximate surface area is 113 Å². The molecule has 0 aliphatic carbocycles. The van der Waals surface area contributed by atoms with Gasteiger partial charge in [0.1, 0.15) is 5.82 Å². The summed E-state index contributed by atoms with van der Waals surface area (Å²) < 4.78 is 18.8. The van der Waals surface area contributed by atoms with Crippen molar-refractivity contribution in [2.24, 2.45) is 0 Å². The number of nitrogens with zero attached hydrogens (tertiary/aromatic N) is 1. The number of ether oxygens (including phenoxy) is 1. The van der Waals surface area contributed by atoms with Gasteiger partial charge >= 0.3 is 5.97 Å². The number of halogens is 2. The molecule has 18 heavy (non-hydrogen) atoms. The first-order valence-electron chi connectivity index (χ1n) is 5.39. The van der Waals surface area contributed by atoms with E-state index in [0.29, 0.717) is 24.2 Å². The monoisotopic (exact) mass is 319 g/mol. The van der Waals surface area contributed by atoms with E-state index in [2.05, 4.69) is 15.9 Å². The Morgan fingerprint density at radius 2 is 2.22 bits per heavy atom. The van der Waals surface area contributed by atoms with E-state index in [4.69, 9.17) is 9.84 Å². The Balaban J connectivity index is 2.71. The fourth-order valence-electron chi connectivity index (χ4n) is 1.59. The summed E-state index contributed by atoms with van der Waals surface area (Å²) in [7, 11) is 1.55. The van der Waals surface area contributed by atoms with Crippen molar-refractivity contribution in [1.82, 2.24) is 4.90 Å². The van der Waals surface area contributed by atoms with Crippen LogP contribution in [0.25, 0.3) is 0 Å². The third-order valence-electron chi connectivity index (χ3n) is 2.30. The van der Waals surface area contributed by atoms with E-state index in [9.17, 15) is 9.18 Å². The molecule has 4 nitrogen and oxygen atoms in total. The summed E-state index contributed by atoms with van der Waals surface area (Å²) in [4.78, 5) is 12.4. The number of methoxy groups -OCH3 is 1. The van der Waals surface area contributed by atoms with Crippen molar-refractivity contribution in [2.75, 3.05) is 26.8 Å². The molecule has 6 heteroatoms. The lowest BCUT2D eigenvalue weighted by atomic mass is 10.2. The van der Waals surface area contributed by atoms with Gasteiger partial charge in [0.2, 0.25) is 0 Å². The van der Waals surface area contributed by atoms with Crippen molar-refractivity contribution in [2.45, 2.75) is 6.54 Å². The molecule has 0 aromatic heterocycles. The van der Waals surface area contributed by atoms with Gasteiger partial charge in [-0.3, -0.25) is 9.69 Å². The van der Waals surface area contributed by atoms with Crippen molar-refractivity contribution >= 4 is 21.9 Å². The first-order valence-corrected chi connectivity index (χ1v) is 6.18. The molecule has 1 rings (SSSR count). The Kier molecular flexibility index (Phi) is 6.24. The molecule has 0 spiro atoms. The van der Waals surface area contributed by atoms with Crippen LogP contribution in [-0.4, -0.2) is 42.8 Å². The number of hydrogen-bond acceptors (Lipinski definition) is 3. The second kappa shape index (κ2) is 7.45. The molecule has 0 aliphatic heterocycles. The number of carbonyl (C=O) groups is 1. The Morgan fingerprint density at radius 1 is 1.50 bits per heavy atom. The molecule has 0 aliphatic rings. The Hall–Kier alpha value is -0.980. The number of carboxylic acids is 1. The minimum absolute atomic E-state index is 0.0997. The second-order valence-electron chi connectivity index (χ2n) is 3.87. The molecular formula is C12H15BrFNO3. The molecular weight excluding hydrogens is 305 g/mol. The average Bonchev–Trinajstić information content (AvgIpc) is 2.23. The van der Waals surface area contributed by atoms with Crippen LogP contribution in [0.3, 0.4) is 0 Å². The van der Waals surface area contributed by atoms with Gasteiger partial charge < -0.3 is 9.84 Å². The maximum absolute atomic E-state index is 13.2. The zero-order chi connectivity index (χ0) is 13.5. The highest BCUT2D eigenvalue weighted by molar-refractivity contribution is 9.10. The minimum atomic E-state index is -0.915. The number of carboxylic acid groups (broad SMARTS) is 1. The van der Waals surface area contributed by atoms with Crippen LogP contribution in [0.5, 0.6) is 0 Å². The summed E-state index contributed by atoms with van der Waals surface area (Å²) in [6.07, 6.45) is 0. The molecule has 0 saturated carbocycles. The van der Waals surface area contributed by atoms with E-state index in [0.717, 1.165) is 5.56 Å². The zero-order valence-corrected chi connectivity index (χ0v) is 11.6. The Morgan fingerprint density at radius 3 is 2.78 bits per heavy atom. The van der Waals surface area contributed by atoms with Crippen LogP contribution in [0.4, 0.5) is 4.39 Å². The summed E-state index contributed by atoms with van der Waals surface area (Å²) in [5.74, 6) is -1.26. The van der Waals surface area contributed by atoms with E-state index in [1.807, 2.05) is 0 Å². The van der Waals surface area contributed by atoms with E-state index >= 15 is 0 Å². The van der Waals surface area contributed by atoms with Crippen molar-refractivity contribution < 1.29 is 19.0 Å². The van der Waals surface area contributed by atoms with Gasteiger partial charge in [-0.15, -0.1) is 0 Å². The summed E-state index contributed by atoms with van der Waals surface area (Å²) in [6.45, 7) is 1.18. The molecule has 1 aromatic rings. The standard InChI is InChI=1S/C12H15BrFNO3/c1-18-3-2-15(8-12(16)17)7-9-4-10(13)6-11(14)5-9/h4-6H,2-3,7-8H2,1H3,(H,16,17). The summed E-state index contributed by atoms with van der Waals surface area (Å²) in [5.41, 5.74) is 0.722. The van der Waals surface area contributed by atoms with Crippen molar-refractivity contribution in [3.63, 3.8) is 0 Å². The number of benzene rings is 1. The van der Waals surface area contributed by atoms with Crippen LogP contribution in [0.1, 0.15) is 5.56 Å². The average molecular weight is 320 g/mol. The second-order valence-corrected chi connectivity index (χ2v) is 4.79.